The summed E-state index contributed by atoms with van der Waals surface area (Å²) in [5.74, 6) is 1.04. The first-order valence-corrected chi connectivity index (χ1v) is 8.92. The Bertz CT molecular complexity index is 544. The second-order valence-corrected chi connectivity index (χ2v) is 7.84. The van der Waals surface area contributed by atoms with E-state index in [2.05, 4.69) is 37.8 Å². The van der Waals surface area contributed by atoms with Crippen molar-refractivity contribution in [3.05, 3.63) is 35.4 Å². The molecule has 2 nitrogen and oxygen atoms in total. The third-order valence-electron chi connectivity index (χ3n) is 5.68. The van der Waals surface area contributed by atoms with Gasteiger partial charge >= 0.3 is 0 Å². The van der Waals surface area contributed by atoms with Gasteiger partial charge < -0.3 is 4.90 Å². The van der Waals surface area contributed by atoms with Crippen LogP contribution in [0, 0.1) is 5.92 Å². The second-order valence-electron chi connectivity index (χ2n) is 7.84. The van der Waals surface area contributed by atoms with E-state index in [-0.39, 0.29) is 17.4 Å². The molecule has 2 aliphatic rings. The number of benzene rings is 1. The summed E-state index contributed by atoms with van der Waals surface area (Å²) < 4.78 is 0. The highest BCUT2D eigenvalue weighted by atomic mass is 16.2. The van der Waals surface area contributed by atoms with E-state index >= 15 is 0 Å². The van der Waals surface area contributed by atoms with Crippen LogP contribution in [0.2, 0.25) is 0 Å². The summed E-state index contributed by atoms with van der Waals surface area (Å²) in [4.78, 5) is 14.8. The van der Waals surface area contributed by atoms with E-state index < -0.39 is 0 Å². The molecule has 1 fully saturated rings. The van der Waals surface area contributed by atoms with E-state index in [0.717, 1.165) is 18.0 Å². The minimum absolute atomic E-state index is 0.108. The monoisotopic (exact) mass is 299 g/mol. The van der Waals surface area contributed by atoms with Gasteiger partial charge in [-0.3, -0.25) is 4.79 Å². The Labute approximate surface area is 134 Å². The fourth-order valence-corrected chi connectivity index (χ4v) is 4.50. The van der Waals surface area contributed by atoms with Crippen molar-refractivity contribution in [2.45, 2.75) is 70.8 Å². The molecule has 1 amide bonds. The van der Waals surface area contributed by atoms with Crippen LogP contribution in [-0.4, -0.2) is 23.4 Å². The molecule has 1 atom stereocenters. The number of fused-ring (bicyclic) bond motifs is 1. The Morgan fingerprint density at radius 1 is 1.18 bits per heavy atom. The van der Waals surface area contributed by atoms with Gasteiger partial charge in [0.05, 0.1) is 0 Å². The van der Waals surface area contributed by atoms with Gasteiger partial charge in [0, 0.05) is 23.6 Å². The molecule has 1 aliphatic heterocycles. The molecule has 1 heterocycles. The molecule has 3 rings (SSSR count). The Morgan fingerprint density at radius 2 is 1.86 bits per heavy atom. The van der Waals surface area contributed by atoms with Gasteiger partial charge in [0.2, 0.25) is 0 Å². The number of nitrogens with zero attached hydrogens (tertiary/aromatic N) is 1. The number of hydrogen-bond donors (Lipinski definition) is 0. The van der Waals surface area contributed by atoms with Gasteiger partial charge in [0.1, 0.15) is 0 Å². The number of hydrogen-bond acceptors (Lipinski definition) is 1. The molecule has 120 valence electrons. The lowest BCUT2D eigenvalue weighted by Crippen LogP contribution is -2.51. The predicted octanol–water partition coefficient (Wildman–Crippen LogP) is 4.78. The van der Waals surface area contributed by atoms with Crippen molar-refractivity contribution in [3.8, 4) is 0 Å². The molecular formula is C20H29NO. The lowest BCUT2D eigenvalue weighted by molar-refractivity contribution is 0.0590. The number of carbonyl (C=O) groups excluding carboxylic acids is 1. The van der Waals surface area contributed by atoms with E-state index in [1.54, 1.807) is 0 Å². The van der Waals surface area contributed by atoms with Crippen LogP contribution in [0.5, 0.6) is 0 Å². The maximum atomic E-state index is 12.8. The average molecular weight is 299 g/mol. The first kappa shape index (κ1) is 15.6. The van der Waals surface area contributed by atoms with Crippen LogP contribution in [-0.2, 0) is 5.41 Å². The van der Waals surface area contributed by atoms with E-state index in [1.165, 1.54) is 44.1 Å². The van der Waals surface area contributed by atoms with Gasteiger partial charge in [-0.1, -0.05) is 57.2 Å². The highest BCUT2D eigenvalue weighted by Gasteiger charge is 2.41. The van der Waals surface area contributed by atoms with Crippen molar-refractivity contribution in [2.75, 3.05) is 6.54 Å². The zero-order chi connectivity index (χ0) is 15.7. The third-order valence-corrected chi connectivity index (χ3v) is 5.68. The maximum absolute atomic E-state index is 12.8. The second kappa shape index (κ2) is 6.06. The van der Waals surface area contributed by atoms with E-state index in [9.17, 15) is 4.79 Å². The summed E-state index contributed by atoms with van der Waals surface area (Å²) in [5.41, 5.74) is 2.32. The van der Waals surface area contributed by atoms with Gasteiger partial charge in [0.25, 0.3) is 5.91 Å². The highest BCUT2D eigenvalue weighted by molar-refractivity contribution is 5.97. The van der Waals surface area contributed by atoms with Gasteiger partial charge in [-0.15, -0.1) is 0 Å². The smallest absolute Gasteiger partial charge is 0.254 e. The molecule has 0 N–H and O–H groups in total. The molecule has 2 heteroatoms. The molecule has 1 aliphatic carbocycles. The topological polar surface area (TPSA) is 20.3 Å². The number of amides is 1. The zero-order valence-electron chi connectivity index (χ0n) is 14.3. The molecule has 0 spiro atoms. The molecule has 0 radical (unpaired) electrons. The van der Waals surface area contributed by atoms with Gasteiger partial charge in [0.15, 0.2) is 0 Å². The van der Waals surface area contributed by atoms with Gasteiger partial charge in [-0.2, -0.15) is 0 Å². The molecule has 0 aromatic heterocycles. The summed E-state index contributed by atoms with van der Waals surface area (Å²) in [6, 6.07) is 8.57. The standard InChI is InChI=1S/C20H29NO/c1-15(2)21-14-20(3,13-16-9-5-4-6-10-16)18-12-8-7-11-17(18)19(21)22/h7-8,11-12,15-16H,4-6,9-10,13-14H2,1-3H3. The van der Waals surface area contributed by atoms with Crippen molar-refractivity contribution in [2.24, 2.45) is 5.92 Å². The fourth-order valence-electron chi connectivity index (χ4n) is 4.50. The van der Waals surface area contributed by atoms with Crippen molar-refractivity contribution in [1.82, 2.24) is 4.90 Å². The summed E-state index contributed by atoms with van der Waals surface area (Å²) >= 11 is 0. The quantitative estimate of drug-likeness (QED) is 0.786. The molecular weight excluding hydrogens is 270 g/mol. The minimum atomic E-state index is 0.108. The van der Waals surface area contributed by atoms with Crippen LogP contribution >= 0.6 is 0 Å². The lowest BCUT2D eigenvalue weighted by Gasteiger charge is -2.45. The van der Waals surface area contributed by atoms with Crippen LogP contribution in [0.15, 0.2) is 24.3 Å². The van der Waals surface area contributed by atoms with Crippen molar-refractivity contribution < 1.29 is 4.79 Å². The van der Waals surface area contributed by atoms with Crippen LogP contribution in [0.1, 0.15) is 75.2 Å². The van der Waals surface area contributed by atoms with Crippen LogP contribution in [0.3, 0.4) is 0 Å². The van der Waals surface area contributed by atoms with Crippen LogP contribution in [0.4, 0.5) is 0 Å². The molecule has 0 saturated heterocycles. The Balaban J connectivity index is 1.94. The van der Waals surface area contributed by atoms with E-state index in [4.69, 9.17) is 0 Å². The first-order valence-electron chi connectivity index (χ1n) is 8.92. The zero-order valence-corrected chi connectivity index (χ0v) is 14.3. The highest BCUT2D eigenvalue weighted by Crippen LogP contribution is 2.42. The van der Waals surface area contributed by atoms with Crippen molar-refractivity contribution in [1.29, 1.82) is 0 Å². The fraction of sp³-hybridized carbons (Fsp3) is 0.650. The summed E-state index contributed by atoms with van der Waals surface area (Å²) in [6.45, 7) is 7.51. The minimum Gasteiger partial charge on any atom is -0.335 e. The molecule has 1 aromatic carbocycles. The Hall–Kier alpha value is -1.31. The van der Waals surface area contributed by atoms with Gasteiger partial charge in [-0.05, 0) is 37.8 Å². The summed E-state index contributed by atoms with van der Waals surface area (Å²) in [6.07, 6.45) is 8.13. The van der Waals surface area contributed by atoms with E-state index in [0.29, 0.717) is 0 Å². The maximum Gasteiger partial charge on any atom is 0.254 e. The number of rotatable bonds is 3. The SMILES string of the molecule is CC(C)N1CC(C)(CC2CCCCC2)c2ccccc2C1=O. The Kier molecular flexibility index (Phi) is 4.29. The van der Waals surface area contributed by atoms with Crippen LogP contribution < -0.4 is 0 Å². The first-order chi connectivity index (χ1) is 10.5. The molecule has 1 aromatic rings. The molecule has 1 saturated carbocycles. The summed E-state index contributed by atoms with van der Waals surface area (Å²) in [7, 11) is 0. The molecule has 0 bridgehead atoms. The largest absolute Gasteiger partial charge is 0.335 e. The average Bonchev–Trinajstić information content (AvgIpc) is 2.52. The number of carbonyl (C=O) groups is 1. The van der Waals surface area contributed by atoms with E-state index in [1.807, 2.05) is 12.1 Å². The van der Waals surface area contributed by atoms with Gasteiger partial charge in [-0.25, -0.2) is 0 Å². The Morgan fingerprint density at radius 3 is 2.55 bits per heavy atom. The van der Waals surface area contributed by atoms with Crippen molar-refractivity contribution >= 4 is 5.91 Å². The van der Waals surface area contributed by atoms with Crippen LogP contribution in [0.25, 0.3) is 0 Å². The molecule has 22 heavy (non-hydrogen) atoms. The molecule has 1 unspecified atom stereocenters. The predicted molar refractivity (Wildman–Crippen MR) is 91.2 cm³/mol. The normalized spacial score (nSPS) is 26.4. The van der Waals surface area contributed by atoms with Crippen molar-refractivity contribution in [3.63, 3.8) is 0 Å². The third kappa shape index (κ3) is 2.80. The summed E-state index contributed by atoms with van der Waals surface area (Å²) in [5, 5.41) is 0. The lowest BCUT2D eigenvalue weighted by atomic mass is 9.68.